The van der Waals surface area contributed by atoms with Crippen molar-refractivity contribution in [3.63, 3.8) is 0 Å². The molecule has 0 radical (unpaired) electrons. The minimum Gasteiger partial charge on any atom is -0.497 e. The molecule has 6 nitrogen and oxygen atoms in total. The average molecular weight is 321 g/mol. The number of ether oxygens (including phenoxy) is 1. The number of fused-ring (bicyclic) bond motifs is 1. The summed E-state index contributed by atoms with van der Waals surface area (Å²) in [6.07, 6.45) is 4.43. The number of benzene rings is 1. The number of nitrogens with one attached hydrogen (secondary N) is 1. The number of hydrogen-bond donors (Lipinski definition) is 1. The zero-order valence-corrected chi connectivity index (χ0v) is 13.4. The Bertz CT molecular complexity index is 766. The van der Waals surface area contributed by atoms with E-state index < -0.39 is 10.0 Å². The van der Waals surface area contributed by atoms with Gasteiger partial charge in [-0.25, -0.2) is 13.1 Å². The van der Waals surface area contributed by atoms with E-state index in [1.165, 1.54) is 0 Å². The summed E-state index contributed by atoms with van der Waals surface area (Å²) in [5.41, 5.74) is 2.08. The van der Waals surface area contributed by atoms with Crippen LogP contribution in [0, 0.1) is 0 Å². The van der Waals surface area contributed by atoms with Gasteiger partial charge in [0.1, 0.15) is 5.75 Å². The van der Waals surface area contributed by atoms with Crippen molar-refractivity contribution < 1.29 is 13.2 Å². The lowest BCUT2D eigenvalue weighted by atomic mass is 9.94. The number of methoxy groups -OCH3 is 1. The molecule has 0 bridgehead atoms. The lowest BCUT2D eigenvalue weighted by Gasteiger charge is -2.23. The second kappa shape index (κ2) is 5.73. The molecule has 0 spiro atoms. The van der Waals surface area contributed by atoms with Crippen molar-refractivity contribution in [1.82, 2.24) is 14.5 Å². The van der Waals surface area contributed by atoms with Crippen molar-refractivity contribution in [2.24, 2.45) is 7.05 Å². The van der Waals surface area contributed by atoms with Crippen LogP contribution in [-0.4, -0.2) is 25.3 Å². The molecule has 1 aromatic carbocycles. The van der Waals surface area contributed by atoms with Crippen molar-refractivity contribution in [3.05, 3.63) is 41.7 Å². The average Bonchev–Trinajstić information content (AvgIpc) is 2.90. The monoisotopic (exact) mass is 321 g/mol. The van der Waals surface area contributed by atoms with E-state index >= 15 is 0 Å². The van der Waals surface area contributed by atoms with Crippen LogP contribution in [0.25, 0.3) is 0 Å². The van der Waals surface area contributed by atoms with E-state index in [9.17, 15) is 8.42 Å². The van der Waals surface area contributed by atoms with Crippen LogP contribution in [-0.2, 0) is 23.5 Å². The van der Waals surface area contributed by atoms with E-state index in [1.54, 1.807) is 37.6 Å². The van der Waals surface area contributed by atoms with E-state index in [0.29, 0.717) is 5.75 Å². The van der Waals surface area contributed by atoms with E-state index in [1.807, 2.05) is 11.7 Å². The summed E-state index contributed by atoms with van der Waals surface area (Å²) in [6, 6.07) is 6.17. The molecule has 0 fully saturated rings. The second-order valence-electron chi connectivity index (χ2n) is 5.41. The predicted molar refractivity (Wildman–Crippen MR) is 82.2 cm³/mol. The zero-order valence-electron chi connectivity index (χ0n) is 12.6. The molecule has 1 N–H and O–H groups in total. The summed E-state index contributed by atoms with van der Waals surface area (Å²) in [4.78, 5) is 0.240. The van der Waals surface area contributed by atoms with Gasteiger partial charge in [-0.05, 0) is 43.5 Å². The van der Waals surface area contributed by atoms with Crippen molar-refractivity contribution in [2.75, 3.05) is 7.11 Å². The molecule has 1 atom stereocenters. The molecule has 1 aliphatic carbocycles. The van der Waals surface area contributed by atoms with Gasteiger partial charge in [-0.2, -0.15) is 5.10 Å². The van der Waals surface area contributed by atoms with E-state index in [-0.39, 0.29) is 10.9 Å². The highest BCUT2D eigenvalue weighted by Crippen LogP contribution is 2.30. The number of aromatic nitrogens is 2. The Labute approximate surface area is 130 Å². The van der Waals surface area contributed by atoms with Gasteiger partial charge in [-0.15, -0.1) is 0 Å². The summed E-state index contributed by atoms with van der Waals surface area (Å²) < 4.78 is 34.7. The molecule has 1 aliphatic rings. The second-order valence-corrected chi connectivity index (χ2v) is 7.13. The molecule has 1 heterocycles. The number of aryl methyl sites for hydroxylation is 1. The topological polar surface area (TPSA) is 73.2 Å². The number of hydrogen-bond acceptors (Lipinski definition) is 4. The third-order valence-electron chi connectivity index (χ3n) is 4.04. The third-order valence-corrected chi connectivity index (χ3v) is 5.53. The zero-order chi connectivity index (χ0) is 15.7. The van der Waals surface area contributed by atoms with Crippen LogP contribution in [0.5, 0.6) is 5.75 Å². The van der Waals surface area contributed by atoms with Gasteiger partial charge in [0.2, 0.25) is 10.0 Å². The Morgan fingerprint density at radius 3 is 2.73 bits per heavy atom. The Balaban J connectivity index is 1.85. The number of rotatable bonds is 4. The largest absolute Gasteiger partial charge is 0.497 e. The molecule has 3 rings (SSSR count). The van der Waals surface area contributed by atoms with Gasteiger partial charge in [0.05, 0.1) is 24.2 Å². The first kappa shape index (κ1) is 15.1. The highest BCUT2D eigenvalue weighted by Gasteiger charge is 2.27. The van der Waals surface area contributed by atoms with Gasteiger partial charge in [-0.1, -0.05) is 0 Å². The van der Waals surface area contributed by atoms with Gasteiger partial charge < -0.3 is 4.74 Å². The summed E-state index contributed by atoms with van der Waals surface area (Å²) in [5, 5.41) is 4.24. The molecule has 118 valence electrons. The Morgan fingerprint density at radius 1 is 1.32 bits per heavy atom. The SMILES string of the molecule is COc1ccc(S(=O)(=O)NC2CCCc3c2cnn3C)cc1. The van der Waals surface area contributed by atoms with Crippen LogP contribution in [0.2, 0.25) is 0 Å². The molecule has 1 aromatic heterocycles. The Morgan fingerprint density at radius 2 is 2.05 bits per heavy atom. The quantitative estimate of drug-likeness (QED) is 0.932. The molecule has 22 heavy (non-hydrogen) atoms. The van der Waals surface area contributed by atoms with Crippen LogP contribution >= 0.6 is 0 Å². The minimum atomic E-state index is -3.56. The molecular formula is C15H19N3O3S. The highest BCUT2D eigenvalue weighted by molar-refractivity contribution is 7.89. The van der Waals surface area contributed by atoms with Crippen LogP contribution < -0.4 is 9.46 Å². The summed E-state index contributed by atoms with van der Waals surface area (Å²) in [6.45, 7) is 0. The maximum absolute atomic E-state index is 12.5. The lowest BCUT2D eigenvalue weighted by Crippen LogP contribution is -2.31. The molecule has 0 amide bonds. The fourth-order valence-corrected chi connectivity index (χ4v) is 4.09. The minimum absolute atomic E-state index is 0.218. The standard InChI is InChI=1S/C15H19N3O3S/c1-18-15-5-3-4-14(13(15)10-16-18)17-22(19,20)12-8-6-11(21-2)7-9-12/h6-10,14,17H,3-5H2,1-2H3. The van der Waals surface area contributed by atoms with E-state index in [2.05, 4.69) is 9.82 Å². The Hall–Kier alpha value is -1.86. The van der Waals surface area contributed by atoms with Gasteiger partial charge in [0.25, 0.3) is 0 Å². The maximum atomic E-state index is 12.5. The molecule has 0 aliphatic heterocycles. The van der Waals surface area contributed by atoms with Crippen LogP contribution in [0.15, 0.2) is 35.4 Å². The highest BCUT2D eigenvalue weighted by atomic mass is 32.2. The van der Waals surface area contributed by atoms with Crippen molar-refractivity contribution >= 4 is 10.0 Å². The first-order valence-corrected chi connectivity index (χ1v) is 8.67. The predicted octanol–water partition coefficient (Wildman–Crippen LogP) is 1.78. The molecule has 7 heteroatoms. The van der Waals surface area contributed by atoms with Gasteiger partial charge in [0.15, 0.2) is 0 Å². The fraction of sp³-hybridized carbons (Fsp3) is 0.400. The summed E-state index contributed by atoms with van der Waals surface area (Å²) in [7, 11) is -0.124. The van der Waals surface area contributed by atoms with Gasteiger partial charge in [0, 0.05) is 18.3 Å². The maximum Gasteiger partial charge on any atom is 0.241 e. The normalized spacial score (nSPS) is 18.0. The van der Waals surface area contributed by atoms with Crippen molar-refractivity contribution in [1.29, 1.82) is 0 Å². The van der Waals surface area contributed by atoms with Gasteiger partial charge >= 0.3 is 0 Å². The number of nitrogens with zero attached hydrogens (tertiary/aromatic N) is 2. The fourth-order valence-electron chi connectivity index (χ4n) is 2.84. The van der Waals surface area contributed by atoms with E-state index in [0.717, 1.165) is 30.5 Å². The first-order chi connectivity index (χ1) is 10.5. The lowest BCUT2D eigenvalue weighted by molar-refractivity contribution is 0.414. The molecule has 0 saturated carbocycles. The number of sulfonamides is 1. The molecule has 0 saturated heterocycles. The van der Waals surface area contributed by atoms with Crippen molar-refractivity contribution in [2.45, 2.75) is 30.2 Å². The third kappa shape index (κ3) is 2.74. The Kier molecular flexibility index (Phi) is 3.92. The first-order valence-electron chi connectivity index (χ1n) is 7.18. The smallest absolute Gasteiger partial charge is 0.241 e. The van der Waals surface area contributed by atoms with Crippen LogP contribution in [0.1, 0.15) is 30.1 Å². The summed E-state index contributed by atoms with van der Waals surface area (Å²) in [5.74, 6) is 0.631. The van der Waals surface area contributed by atoms with Crippen molar-refractivity contribution in [3.8, 4) is 5.75 Å². The summed E-state index contributed by atoms with van der Waals surface area (Å²) >= 11 is 0. The van der Waals surface area contributed by atoms with E-state index in [4.69, 9.17) is 4.74 Å². The molecule has 2 aromatic rings. The molecule has 1 unspecified atom stereocenters. The molecular weight excluding hydrogens is 302 g/mol. The van der Waals surface area contributed by atoms with Crippen LogP contribution in [0.4, 0.5) is 0 Å². The van der Waals surface area contributed by atoms with Crippen LogP contribution in [0.3, 0.4) is 0 Å². The van der Waals surface area contributed by atoms with Gasteiger partial charge in [-0.3, -0.25) is 4.68 Å².